The number of carbonyl (C=O) groups is 2. The van der Waals surface area contributed by atoms with Crippen LogP contribution in [0.25, 0.3) is 0 Å². The summed E-state index contributed by atoms with van der Waals surface area (Å²) < 4.78 is 37.8. The maximum atomic E-state index is 12.7. The van der Waals surface area contributed by atoms with Gasteiger partial charge in [-0.25, -0.2) is 8.42 Å². The molecule has 0 bridgehead atoms. The van der Waals surface area contributed by atoms with Gasteiger partial charge in [0.15, 0.2) is 17.3 Å². The number of piperazine rings is 1. The van der Waals surface area contributed by atoms with Crippen LogP contribution in [0, 0.1) is 0 Å². The van der Waals surface area contributed by atoms with E-state index in [-0.39, 0.29) is 29.7 Å². The van der Waals surface area contributed by atoms with Crippen LogP contribution >= 0.6 is 0 Å². The molecule has 0 unspecified atom stereocenters. The Hall–Kier alpha value is -2.91. The number of sulfonamides is 1. The quantitative estimate of drug-likeness (QED) is 0.422. The number of hydrogen-bond donors (Lipinski definition) is 0. The van der Waals surface area contributed by atoms with Gasteiger partial charge in [-0.1, -0.05) is 18.2 Å². The summed E-state index contributed by atoms with van der Waals surface area (Å²) in [6.07, 6.45) is 0.818. The third kappa shape index (κ3) is 5.66. The van der Waals surface area contributed by atoms with Crippen molar-refractivity contribution < 1.29 is 27.5 Å². The largest absolute Gasteiger partial charge is 0.493 e. The van der Waals surface area contributed by atoms with Gasteiger partial charge in [-0.05, 0) is 43.7 Å². The molecule has 1 heterocycles. The number of rotatable bonds is 9. The lowest BCUT2D eigenvalue weighted by Crippen LogP contribution is -2.50. The van der Waals surface area contributed by atoms with E-state index in [4.69, 9.17) is 9.47 Å². The lowest BCUT2D eigenvalue weighted by Gasteiger charge is -2.34. The molecule has 1 amide bonds. The van der Waals surface area contributed by atoms with Crippen molar-refractivity contribution in [1.82, 2.24) is 9.21 Å². The van der Waals surface area contributed by atoms with Gasteiger partial charge in [-0.2, -0.15) is 4.31 Å². The normalized spacial score (nSPS) is 14.8. The molecule has 1 saturated heterocycles. The molecule has 1 fully saturated rings. The highest BCUT2D eigenvalue weighted by Crippen LogP contribution is 2.28. The second kappa shape index (κ2) is 10.6. The third-order valence-electron chi connectivity index (χ3n) is 5.34. The summed E-state index contributed by atoms with van der Waals surface area (Å²) >= 11 is 0. The Labute approximate surface area is 188 Å². The second-order valence-electron chi connectivity index (χ2n) is 7.47. The monoisotopic (exact) mass is 460 g/mol. The Morgan fingerprint density at radius 2 is 1.66 bits per heavy atom. The molecule has 0 spiro atoms. The zero-order chi connectivity index (χ0) is 23.1. The molecule has 8 nitrogen and oxygen atoms in total. The maximum Gasteiger partial charge on any atom is 0.243 e. The van der Waals surface area contributed by atoms with Crippen LogP contribution in [0.3, 0.4) is 0 Å². The Balaban J connectivity index is 1.45. The SMILES string of the molecule is COc1cc(C(C)=O)ccc1OCCCC(=O)N1CCN(S(=O)(=O)c2ccccc2)CC1. The zero-order valence-corrected chi connectivity index (χ0v) is 19.1. The number of ether oxygens (including phenoxy) is 2. The van der Waals surface area contributed by atoms with Crippen molar-refractivity contribution in [3.05, 3.63) is 54.1 Å². The average molecular weight is 461 g/mol. The summed E-state index contributed by atoms with van der Waals surface area (Å²) in [5.41, 5.74) is 0.540. The minimum absolute atomic E-state index is 0.0238. The third-order valence-corrected chi connectivity index (χ3v) is 7.25. The molecule has 0 aromatic heterocycles. The smallest absolute Gasteiger partial charge is 0.243 e. The number of amides is 1. The molecular formula is C23H28N2O6S. The molecule has 0 aliphatic carbocycles. The second-order valence-corrected chi connectivity index (χ2v) is 9.41. The number of nitrogens with zero attached hydrogens (tertiary/aromatic N) is 2. The molecule has 1 aliphatic rings. The van der Waals surface area contributed by atoms with Gasteiger partial charge in [0.05, 0.1) is 18.6 Å². The standard InChI is InChI=1S/C23H28N2O6S/c1-18(26)19-10-11-21(22(17-19)30-2)31-16-6-9-23(27)24-12-14-25(15-13-24)32(28,29)20-7-4-3-5-8-20/h3-5,7-8,10-11,17H,6,9,12-16H2,1-2H3. The van der Waals surface area contributed by atoms with E-state index in [2.05, 4.69) is 0 Å². The molecule has 9 heteroatoms. The lowest BCUT2D eigenvalue weighted by atomic mass is 10.1. The number of benzene rings is 2. The number of Topliss-reactive ketones (excluding diaryl/α,β-unsaturated/α-hetero) is 1. The van der Waals surface area contributed by atoms with Crippen LogP contribution in [0.4, 0.5) is 0 Å². The lowest BCUT2D eigenvalue weighted by molar-refractivity contribution is -0.132. The van der Waals surface area contributed by atoms with Gasteiger partial charge in [0.1, 0.15) is 0 Å². The van der Waals surface area contributed by atoms with Gasteiger partial charge in [-0.3, -0.25) is 9.59 Å². The van der Waals surface area contributed by atoms with E-state index in [1.54, 1.807) is 53.4 Å². The topological polar surface area (TPSA) is 93.2 Å². The highest BCUT2D eigenvalue weighted by molar-refractivity contribution is 7.89. The van der Waals surface area contributed by atoms with E-state index in [1.165, 1.54) is 18.3 Å². The van der Waals surface area contributed by atoms with E-state index in [0.29, 0.717) is 49.6 Å². The molecule has 3 rings (SSSR count). The van der Waals surface area contributed by atoms with Crippen LogP contribution in [0.1, 0.15) is 30.1 Å². The van der Waals surface area contributed by atoms with E-state index < -0.39 is 10.0 Å². The molecule has 32 heavy (non-hydrogen) atoms. The molecule has 0 saturated carbocycles. The highest BCUT2D eigenvalue weighted by Gasteiger charge is 2.29. The van der Waals surface area contributed by atoms with Crippen LogP contribution in [0.5, 0.6) is 11.5 Å². The van der Waals surface area contributed by atoms with Gasteiger partial charge >= 0.3 is 0 Å². The van der Waals surface area contributed by atoms with Gasteiger partial charge in [0.2, 0.25) is 15.9 Å². The molecule has 2 aromatic rings. The van der Waals surface area contributed by atoms with Gasteiger partial charge in [-0.15, -0.1) is 0 Å². The van der Waals surface area contributed by atoms with Crippen molar-refractivity contribution >= 4 is 21.7 Å². The Morgan fingerprint density at radius 1 is 0.969 bits per heavy atom. The predicted molar refractivity (Wildman–Crippen MR) is 120 cm³/mol. The van der Waals surface area contributed by atoms with Gasteiger partial charge < -0.3 is 14.4 Å². The summed E-state index contributed by atoms with van der Waals surface area (Å²) in [5.74, 6) is 0.908. The van der Waals surface area contributed by atoms with Gasteiger partial charge in [0, 0.05) is 38.2 Å². The fourth-order valence-electron chi connectivity index (χ4n) is 3.49. The Kier molecular flexibility index (Phi) is 7.87. The minimum Gasteiger partial charge on any atom is -0.493 e. The molecule has 0 N–H and O–H groups in total. The summed E-state index contributed by atoms with van der Waals surface area (Å²) in [6.45, 7) is 3.10. The number of ketones is 1. The van der Waals surface area contributed by atoms with E-state index in [0.717, 1.165) is 0 Å². The highest BCUT2D eigenvalue weighted by atomic mass is 32.2. The van der Waals surface area contributed by atoms with Crippen LogP contribution in [0.2, 0.25) is 0 Å². The van der Waals surface area contributed by atoms with E-state index >= 15 is 0 Å². The van der Waals surface area contributed by atoms with Crippen molar-refractivity contribution in [3.8, 4) is 11.5 Å². The first-order valence-corrected chi connectivity index (χ1v) is 11.9. The first kappa shape index (κ1) is 23.7. The zero-order valence-electron chi connectivity index (χ0n) is 18.3. The summed E-state index contributed by atoms with van der Waals surface area (Å²) in [5, 5.41) is 0. The summed E-state index contributed by atoms with van der Waals surface area (Å²) in [4.78, 5) is 26.0. The minimum atomic E-state index is -3.54. The van der Waals surface area contributed by atoms with Crippen LogP contribution < -0.4 is 9.47 Å². The summed E-state index contributed by atoms with van der Waals surface area (Å²) in [7, 11) is -2.03. The molecule has 2 aromatic carbocycles. The van der Waals surface area contributed by atoms with Crippen molar-refractivity contribution in [2.45, 2.75) is 24.7 Å². The maximum absolute atomic E-state index is 12.7. The molecular weight excluding hydrogens is 432 g/mol. The summed E-state index contributed by atoms with van der Waals surface area (Å²) in [6, 6.07) is 13.3. The number of methoxy groups -OCH3 is 1. The molecule has 172 valence electrons. The first-order valence-electron chi connectivity index (χ1n) is 10.5. The van der Waals surface area contributed by atoms with Crippen LogP contribution in [-0.2, 0) is 14.8 Å². The van der Waals surface area contributed by atoms with Crippen LogP contribution in [0.15, 0.2) is 53.4 Å². The number of hydrogen-bond acceptors (Lipinski definition) is 6. The molecule has 1 aliphatic heterocycles. The fourth-order valence-corrected chi connectivity index (χ4v) is 4.93. The average Bonchev–Trinajstić information content (AvgIpc) is 2.82. The van der Waals surface area contributed by atoms with Crippen LogP contribution in [-0.4, -0.2) is 69.2 Å². The fraction of sp³-hybridized carbons (Fsp3) is 0.391. The van der Waals surface area contributed by atoms with Crippen molar-refractivity contribution in [2.75, 3.05) is 39.9 Å². The van der Waals surface area contributed by atoms with Crippen molar-refractivity contribution in [1.29, 1.82) is 0 Å². The molecule has 0 atom stereocenters. The molecule has 0 radical (unpaired) electrons. The van der Waals surface area contributed by atoms with E-state index in [9.17, 15) is 18.0 Å². The van der Waals surface area contributed by atoms with Crippen molar-refractivity contribution in [3.63, 3.8) is 0 Å². The number of carbonyl (C=O) groups excluding carboxylic acids is 2. The van der Waals surface area contributed by atoms with E-state index in [1.807, 2.05) is 0 Å². The Bertz CT molecular complexity index is 1050. The Morgan fingerprint density at radius 3 is 2.28 bits per heavy atom. The van der Waals surface area contributed by atoms with Crippen molar-refractivity contribution in [2.24, 2.45) is 0 Å². The predicted octanol–water partition coefficient (Wildman–Crippen LogP) is 2.59. The van der Waals surface area contributed by atoms with Gasteiger partial charge in [0.25, 0.3) is 0 Å². The first-order chi connectivity index (χ1) is 15.3.